The molecule has 0 aliphatic rings. The van der Waals surface area contributed by atoms with Crippen molar-refractivity contribution in [2.45, 2.75) is 102 Å². The summed E-state index contributed by atoms with van der Waals surface area (Å²) in [7, 11) is 0. The molecule has 8 rings (SSSR count). The normalized spacial score (nSPS) is 12.4. The van der Waals surface area contributed by atoms with Gasteiger partial charge in [0.15, 0.2) is 0 Å². The van der Waals surface area contributed by atoms with Crippen molar-refractivity contribution >= 4 is 143 Å². The largest absolute Gasteiger partial charge is 0.478 e. The van der Waals surface area contributed by atoms with Crippen LogP contribution in [0.2, 0.25) is 0 Å². The number of benzene rings is 8. The van der Waals surface area contributed by atoms with Gasteiger partial charge in [0.05, 0.1) is 140 Å². The maximum absolute atomic E-state index is 15.4. The fourth-order valence-electron chi connectivity index (χ4n) is 13.5. The van der Waals surface area contributed by atoms with Gasteiger partial charge in [-0.15, -0.1) is 0 Å². The number of carboxylic acids is 16. The summed E-state index contributed by atoms with van der Waals surface area (Å²) < 4.78 is 46.9. The average Bonchev–Trinajstić information content (AvgIpc) is 0.755. The Morgan fingerprint density at radius 1 is 0.188 bits per heavy atom. The van der Waals surface area contributed by atoms with Gasteiger partial charge >= 0.3 is 143 Å². The lowest BCUT2D eigenvalue weighted by molar-refractivity contribution is -0.0476. The summed E-state index contributed by atoms with van der Waals surface area (Å²) in [6.07, 6.45) is -26.6. The van der Waals surface area contributed by atoms with E-state index in [2.05, 4.69) is 0 Å². The van der Waals surface area contributed by atoms with Gasteiger partial charge in [-0.05, 0) is 152 Å². The number of aromatic carboxylic acids is 16. The molecular formula is C90H70O48. The van der Waals surface area contributed by atoms with Gasteiger partial charge < -0.3 is 120 Å². The zero-order valence-electron chi connectivity index (χ0n) is 70.4. The molecule has 0 amide bonds. The third-order valence-electron chi connectivity index (χ3n) is 20.2. The molecule has 0 saturated heterocycles. The van der Waals surface area contributed by atoms with Gasteiger partial charge in [-0.3, -0.25) is 0 Å². The van der Waals surface area contributed by atoms with Gasteiger partial charge in [0.2, 0.25) is 0 Å². The summed E-state index contributed by atoms with van der Waals surface area (Å²) >= 11 is 0. The lowest BCUT2D eigenvalue weighted by Gasteiger charge is -2.32. The van der Waals surface area contributed by atoms with Crippen molar-refractivity contribution < 1.29 is 235 Å². The van der Waals surface area contributed by atoms with Crippen LogP contribution in [0.5, 0.6) is 0 Å². The fraction of sp³-hybridized carbons (Fsp3) is 0.200. The summed E-state index contributed by atoms with van der Waals surface area (Å²) in [4.78, 5) is 320. The number of hydrogen-bond acceptors (Lipinski definition) is 32. The van der Waals surface area contributed by atoms with E-state index in [1.807, 2.05) is 0 Å². The molecule has 7 unspecified atom stereocenters. The van der Waals surface area contributed by atoms with E-state index < -0.39 is 377 Å². The molecule has 0 aromatic heterocycles. The molecular weight excluding hydrogens is 1850 g/mol. The first-order valence-corrected chi connectivity index (χ1v) is 39.2. The van der Waals surface area contributed by atoms with Gasteiger partial charge in [0, 0.05) is 44.9 Å². The van der Waals surface area contributed by atoms with Crippen molar-refractivity contribution in [2.75, 3.05) is 6.61 Å². The fourth-order valence-corrected chi connectivity index (χ4v) is 13.5. The first kappa shape index (κ1) is 104. The SMILES string of the molecule is CC(C)C(CC(CC(CC(CC(CC(CC(CCOC(=O)c1ccc(C(=O)O)cc1C(=O)O)OC(=O)c1ccc(C(=O)O)cc1C(=O)O)OC(=O)c1ccc(C(=O)O)cc1C(=O)O)OC(=O)c1ccc(C(=O)O)cc1C(=O)O)OC(=O)c1ccc(C(=O)O)cc1C(=O)O)OC(=O)c1ccc(C(=O)O)cc1C(=O)O)OC(=O)c1ccc(C(=O)O)cc1C(=O)O)OC(=O)c1ccc(C(=O)O)cc1C(=O)O. The highest BCUT2D eigenvalue weighted by Gasteiger charge is 2.41. The topological polar surface area (TPSA) is 807 Å². The summed E-state index contributed by atoms with van der Waals surface area (Å²) in [5.74, 6) is -46.9. The maximum atomic E-state index is 15.4. The molecule has 0 fully saturated rings. The minimum absolute atomic E-state index is 0.373. The molecule has 8 aromatic rings. The van der Waals surface area contributed by atoms with Gasteiger partial charge in [-0.1, -0.05) is 13.8 Å². The number of rotatable bonds is 47. The number of carboxylic acid groups (broad SMARTS) is 16. The molecule has 0 radical (unpaired) electrons. The van der Waals surface area contributed by atoms with Crippen LogP contribution in [0.4, 0.5) is 0 Å². The van der Waals surface area contributed by atoms with E-state index in [0.717, 1.165) is 12.1 Å². The lowest BCUT2D eigenvalue weighted by Crippen LogP contribution is -2.38. The number of carbonyl (C=O) groups excluding carboxylic acids is 8. The molecule has 0 aliphatic heterocycles. The number of hydrogen-bond donors (Lipinski definition) is 16. The maximum Gasteiger partial charge on any atom is 0.339 e. The Hall–Kier alpha value is -19.0. The predicted molar refractivity (Wildman–Crippen MR) is 445 cm³/mol. The smallest absolute Gasteiger partial charge is 0.339 e. The summed E-state index contributed by atoms with van der Waals surface area (Å²) in [5.41, 5.74) is -24.4. The monoisotopic (exact) mass is 1920 g/mol. The molecule has 0 bridgehead atoms. The van der Waals surface area contributed by atoms with E-state index in [0.29, 0.717) is 133 Å². The molecule has 7 atom stereocenters. The van der Waals surface area contributed by atoms with Crippen LogP contribution in [0.15, 0.2) is 146 Å². The third kappa shape index (κ3) is 26.7. The van der Waals surface area contributed by atoms with Crippen molar-refractivity contribution in [3.8, 4) is 0 Å². The quantitative estimate of drug-likeness (QED) is 0.0125. The Kier molecular flexibility index (Phi) is 34.2. The molecule has 8 aromatic carbocycles. The molecule has 138 heavy (non-hydrogen) atoms. The predicted octanol–water partition coefficient (Wildman–Crippen LogP) is 8.98. The first-order valence-electron chi connectivity index (χ1n) is 39.2. The van der Waals surface area contributed by atoms with E-state index in [1.54, 1.807) is 0 Å². The minimum atomic E-state index is -2.66. The highest BCUT2D eigenvalue weighted by Crippen LogP contribution is 2.34. The van der Waals surface area contributed by atoms with Gasteiger partial charge in [-0.2, -0.15) is 0 Å². The van der Waals surface area contributed by atoms with E-state index >= 15 is 19.2 Å². The van der Waals surface area contributed by atoms with Gasteiger partial charge in [0.25, 0.3) is 0 Å². The van der Waals surface area contributed by atoms with Crippen LogP contribution < -0.4 is 0 Å². The van der Waals surface area contributed by atoms with Crippen molar-refractivity contribution in [3.63, 3.8) is 0 Å². The van der Waals surface area contributed by atoms with Crippen LogP contribution in [0.3, 0.4) is 0 Å². The standard InChI is InChI=1S/C90H70O48/c1-35(2)66(138-90(130)57-18-10-43(74(105)106)28-65(57)82(121)122)34-49(137-89(129)56-17-9-42(73(103)104)27-64(56)81(119)120)33-48(136-88(128)55-16-8-41(72(101)102)26-63(55)80(117)118)32-47(135-87(127)54-15-7-40(71(99)100)25-62(54)79(115)116)31-46(134-86(126)53-14-6-39(70(97)98)24-61(53)78(113)114)30-45(133-85(125)52-13-5-38(69(95)96)23-60(52)77(111)112)29-44(132-84(124)51-12-4-37(68(93)94)22-59(51)76(109)110)19-20-131-83(123)50-11-3-36(67(91)92)21-58(50)75(107)108/h3-18,21-28,35,44-49,66H,19-20,29-34H2,1-2H3,(H,91,92)(H,93,94)(H,95,96)(H,97,98)(H,99,100)(H,101,102)(H,103,104)(H,105,106)(H,107,108)(H,109,110)(H,111,112)(H,113,114)(H,115,116)(H,117,118)(H,119,120)(H,121,122). The van der Waals surface area contributed by atoms with Crippen LogP contribution in [0, 0.1) is 5.92 Å². The van der Waals surface area contributed by atoms with Crippen LogP contribution >= 0.6 is 0 Å². The minimum Gasteiger partial charge on any atom is -0.478 e. The van der Waals surface area contributed by atoms with Crippen molar-refractivity contribution in [1.82, 2.24) is 0 Å². The highest BCUT2D eigenvalue weighted by atomic mass is 16.6. The number of carbonyl (C=O) groups is 24. The van der Waals surface area contributed by atoms with Gasteiger partial charge in [-0.25, -0.2) is 115 Å². The Labute approximate surface area is 768 Å². The highest BCUT2D eigenvalue weighted by molar-refractivity contribution is 6.11. The van der Waals surface area contributed by atoms with Crippen LogP contribution in [-0.4, -0.2) is 274 Å². The van der Waals surface area contributed by atoms with Crippen molar-refractivity contribution in [2.24, 2.45) is 5.92 Å². The lowest BCUT2D eigenvalue weighted by atomic mass is 9.93. The third-order valence-corrected chi connectivity index (χ3v) is 20.2. The van der Waals surface area contributed by atoms with Crippen molar-refractivity contribution in [1.29, 1.82) is 0 Å². The van der Waals surface area contributed by atoms with E-state index in [4.69, 9.17) is 37.9 Å². The van der Waals surface area contributed by atoms with E-state index in [-0.39, 0.29) is 0 Å². The molecule has 0 saturated carbocycles. The number of esters is 8. The second kappa shape index (κ2) is 45.2. The Balaban J connectivity index is 1.45. The van der Waals surface area contributed by atoms with E-state index in [1.165, 1.54) is 13.8 Å². The van der Waals surface area contributed by atoms with Crippen LogP contribution in [0.1, 0.15) is 307 Å². The second-order valence-corrected chi connectivity index (χ2v) is 29.7. The zero-order chi connectivity index (χ0) is 103. The van der Waals surface area contributed by atoms with Crippen LogP contribution in [0.25, 0.3) is 0 Å². The zero-order valence-corrected chi connectivity index (χ0v) is 70.4. The Bertz CT molecular complexity index is 6440. The number of ether oxygens (including phenoxy) is 8. The Morgan fingerprint density at radius 2 is 0.341 bits per heavy atom. The average molecular weight is 1920 g/mol. The summed E-state index contributed by atoms with van der Waals surface area (Å²) in [6.45, 7) is 1.31. The second-order valence-electron chi connectivity index (χ2n) is 29.7. The van der Waals surface area contributed by atoms with Crippen LogP contribution in [-0.2, 0) is 37.9 Å². The molecule has 48 nitrogen and oxygen atoms in total. The summed E-state index contributed by atoms with van der Waals surface area (Å²) in [6, 6.07) is 13.3. The molecule has 48 heteroatoms. The Morgan fingerprint density at radius 3 is 0.507 bits per heavy atom. The molecule has 16 N–H and O–H groups in total. The molecule has 0 aliphatic carbocycles. The molecule has 0 spiro atoms. The summed E-state index contributed by atoms with van der Waals surface area (Å²) in [5, 5.41) is 163. The van der Waals surface area contributed by atoms with Crippen molar-refractivity contribution in [3.05, 3.63) is 279 Å². The molecule has 718 valence electrons. The van der Waals surface area contributed by atoms with E-state index in [9.17, 15) is 178 Å². The first-order chi connectivity index (χ1) is 64.7. The molecule has 0 heterocycles. The van der Waals surface area contributed by atoms with Gasteiger partial charge in [0.1, 0.15) is 42.7 Å².